The van der Waals surface area contributed by atoms with E-state index in [4.69, 9.17) is 4.74 Å². The second-order valence-electron chi connectivity index (χ2n) is 5.30. The largest absolute Gasteiger partial charge is 0.497 e. The van der Waals surface area contributed by atoms with Crippen LogP contribution < -0.4 is 15.4 Å². The Balaban J connectivity index is 2.06. The third-order valence-electron chi connectivity index (χ3n) is 3.10. The second kappa shape index (κ2) is 6.92. The van der Waals surface area contributed by atoms with Crippen LogP contribution in [0.4, 0.5) is 5.82 Å². The summed E-state index contributed by atoms with van der Waals surface area (Å²) in [5, 5.41) is 7.94. The summed E-state index contributed by atoms with van der Waals surface area (Å²) in [4.78, 5) is 16.0. The number of hydrogen-bond donors (Lipinski definition) is 2. The maximum atomic E-state index is 11.7. The number of aromatic nitrogens is 1. The molecule has 0 fully saturated rings. The van der Waals surface area contributed by atoms with Crippen molar-refractivity contribution in [2.75, 3.05) is 25.5 Å². The highest BCUT2D eigenvalue weighted by molar-refractivity contribution is 5.93. The van der Waals surface area contributed by atoms with Gasteiger partial charge < -0.3 is 15.4 Å². The molecule has 0 unspecified atom stereocenters. The smallest absolute Gasteiger partial charge is 0.239 e. The zero-order chi connectivity index (χ0) is 15.2. The Bertz CT molecular complexity index is 626. The lowest BCUT2D eigenvalue weighted by atomic mass is 10.1. The SMILES string of the molecule is COc1ccc2c(NCC(=O)NCC(C)C)nccc2c1. The highest BCUT2D eigenvalue weighted by Crippen LogP contribution is 2.24. The predicted octanol–water partition coefficient (Wildman–Crippen LogP) is 2.43. The van der Waals surface area contributed by atoms with Gasteiger partial charge in [0.05, 0.1) is 13.7 Å². The first-order chi connectivity index (χ1) is 10.1. The van der Waals surface area contributed by atoms with Gasteiger partial charge in [-0.25, -0.2) is 4.98 Å². The van der Waals surface area contributed by atoms with Crippen molar-refractivity contribution in [1.29, 1.82) is 0 Å². The molecule has 1 aromatic carbocycles. The fourth-order valence-electron chi connectivity index (χ4n) is 1.97. The van der Waals surface area contributed by atoms with E-state index < -0.39 is 0 Å². The van der Waals surface area contributed by atoms with Gasteiger partial charge in [0.15, 0.2) is 0 Å². The van der Waals surface area contributed by atoms with Gasteiger partial charge in [0.1, 0.15) is 11.6 Å². The molecule has 5 heteroatoms. The molecule has 112 valence electrons. The molecular formula is C16H21N3O2. The van der Waals surface area contributed by atoms with E-state index in [1.807, 2.05) is 24.3 Å². The fourth-order valence-corrected chi connectivity index (χ4v) is 1.97. The van der Waals surface area contributed by atoms with Crippen LogP contribution in [-0.2, 0) is 4.79 Å². The zero-order valence-electron chi connectivity index (χ0n) is 12.6. The van der Waals surface area contributed by atoms with Crippen LogP contribution in [0.2, 0.25) is 0 Å². The number of nitrogens with zero attached hydrogens (tertiary/aromatic N) is 1. The number of hydrogen-bond acceptors (Lipinski definition) is 4. The van der Waals surface area contributed by atoms with E-state index in [0.29, 0.717) is 18.3 Å². The molecule has 0 saturated heterocycles. The maximum Gasteiger partial charge on any atom is 0.239 e. The lowest BCUT2D eigenvalue weighted by Gasteiger charge is -2.11. The van der Waals surface area contributed by atoms with Crippen LogP contribution in [-0.4, -0.2) is 31.1 Å². The van der Waals surface area contributed by atoms with Crippen molar-refractivity contribution in [3.8, 4) is 5.75 Å². The Morgan fingerprint density at radius 2 is 2.14 bits per heavy atom. The molecule has 0 aliphatic carbocycles. The van der Waals surface area contributed by atoms with Gasteiger partial charge in [-0.15, -0.1) is 0 Å². The number of nitrogens with one attached hydrogen (secondary N) is 2. The number of fused-ring (bicyclic) bond motifs is 1. The Labute approximate surface area is 124 Å². The van der Waals surface area contributed by atoms with Gasteiger partial charge >= 0.3 is 0 Å². The number of ether oxygens (including phenoxy) is 1. The lowest BCUT2D eigenvalue weighted by molar-refractivity contribution is -0.119. The average molecular weight is 287 g/mol. The first-order valence-corrected chi connectivity index (χ1v) is 7.03. The Morgan fingerprint density at radius 3 is 2.86 bits per heavy atom. The lowest BCUT2D eigenvalue weighted by Crippen LogP contribution is -2.32. The monoisotopic (exact) mass is 287 g/mol. The van der Waals surface area contributed by atoms with Gasteiger partial charge in [0.2, 0.25) is 5.91 Å². The van der Waals surface area contributed by atoms with E-state index in [0.717, 1.165) is 16.5 Å². The van der Waals surface area contributed by atoms with E-state index >= 15 is 0 Å². The van der Waals surface area contributed by atoms with Gasteiger partial charge in [-0.1, -0.05) is 13.8 Å². The molecule has 0 bridgehead atoms. The molecule has 5 nitrogen and oxygen atoms in total. The number of carbonyl (C=O) groups is 1. The number of carbonyl (C=O) groups excluding carboxylic acids is 1. The van der Waals surface area contributed by atoms with Gasteiger partial charge in [0, 0.05) is 18.1 Å². The van der Waals surface area contributed by atoms with Gasteiger partial charge in [-0.3, -0.25) is 4.79 Å². The van der Waals surface area contributed by atoms with E-state index in [9.17, 15) is 4.79 Å². The molecule has 21 heavy (non-hydrogen) atoms. The van der Waals surface area contributed by atoms with Crippen LogP contribution in [0.1, 0.15) is 13.8 Å². The van der Waals surface area contributed by atoms with Gasteiger partial charge in [-0.05, 0) is 35.6 Å². The van der Waals surface area contributed by atoms with Crippen molar-refractivity contribution in [3.63, 3.8) is 0 Å². The summed E-state index contributed by atoms with van der Waals surface area (Å²) < 4.78 is 5.21. The van der Waals surface area contributed by atoms with Crippen LogP contribution in [0.25, 0.3) is 10.8 Å². The van der Waals surface area contributed by atoms with Crippen LogP contribution in [0, 0.1) is 5.92 Å². The van der Waals surface area contributed by atoms with Crippen molar-refractivity contribution in [2.24, 2.45) is 5.92 Å². The molecule has 0 aliphatic rings. The summed E-state index contributed by atoms with van der Waals surface area (Å²) in [7, 11) is 1.64. The fraction of sp³-hybridized carbons (Fsp3) is 0.375. The summed E-state index contributed by atoms with van der Waals surface area (Å²) in [5.41, 5.74) is 0. The molecule has 2 aromatic rings. The molecule has 1 heterocycles. The van der Waals surface area contributed by atoms with Crippen LogP contribution in [0.15, 0.2) is 30.5 Å². The molecule has 2 N–H and O–H groups in total. The first kappa shape index (κ1) is 15.1. The summed E-state index contributed by atoms with van der Waals surface area (Å²) in [6.07, 6.45) is 1.72. The molecule has 1 amide bonds. The minimum atomic E-state index is -0.0315. The van der Waals surface area contributed by atoms with Crippen LogP contribution in [0.5, 0.6) is 5.75 Å². The molecule has 0 atom stereocenters. The predicted molar refractivity (Wildman–Crippen MR) is 84.6 cm³/mol. The molecular weight excluding hydrogens is 266 g/mol. The minimum Gasteiger partial charge on any atom is -0.497 e. The standard InChI is InChI=1S/C16H21N3O2/c1-11(2)9-18-15(20)10-19-16-14-5-4-13(21-3)8-12(14)6-7-17-16/h4-8,11H,9-10H2,1-3H3,(H,17,19)(H,18,20). The molecule has 0 radical (unpaired) electrons. The quantitative estimate of drug-likeness (QED) is 0.856. The third kappa shape index (κ3) is 4.08. The summed E-state index contributed by atoms with van der Waals surface area (Å²) >= 11 is 0. The summed E-state index contributed by atoms with van der Waals surface area (Å²) in [6, 6.07) is 7.69. The van der Waals surface area contributed by atoms with Crippen molar-refractivity contribution < 1.29 is 9.53 Å². The van der Waals surface area contributed by atoms with Crippen molar-refractivity contribution in [2.45, 2.75) is 13.8 Å². The molecule has 1 aromatic heterocycles. The second-order valence-corrected chi connectivity index (χ2v) is 5.30. The van der Waals surface area contributed by atoms with Gasteiger partial charge in [-0.2, -0.15) is 0 Å². The Hall–Kier alpha value is -2.30. The topological polar surface area (TPSA) is 63.2 Å². The molecule has 0 saturated carbocycles. The molecule has 0 aliphatic heterocycles. The number of amides is 1. The maximum absolute atomic E-state index is 11.7. The Morgan fingerprint density at radius 1 is 1.33 bits per heavy atom. The number of anilines is 1. The summed E-state index contributed by atoms with van der Waals surface area (Å²) in [6.45, 7) is 5.02. The normalized spacial score (nSPS) is 10.7. The number of benzene rings is 1. The van der Waals surface area contributed by atoms with Crippen molar-refractivity contribution in [3.05, 3.63) is 30.5 Å². The van der Waals surface area contributed by atoms with E-state index in [2.05, 4.69) is 29.5 Å². The average Bonchev–Trinajstić information content (AvgIpc) is 2.50. The molecule has 2 rings (SSSR count). The number of pyridine rings is 1. The van der Waals surface area contributed by atoms with E-state index in [-0.39, 0.29) is 12.5 Å². The third-order valence-corrected chi connectivity index (χ3v) is 3.10. The first-order valence-electron chi connectivity index (χ1n) is 7.03. The van der Waals surface area contributed by atoms with Crippen molar-refractivity contribution in [1.82, 2.24) is 10.3 Å². The summed E-state index contributed by atoms with van der Waals surface area (Å²) in [5.74, 6) is 1.91. The number of rotatable bonds is 6. The highest BCUT2D eigenvalue weighted by Gasteiger charge is 2.06. The van der Waals surface area contributed by atoms with Crippen LogP contribution >= 0.6 is 0 Å². The highest BCUT2D eigenvalue weighted by atomic mass is 16.5. The van der Waals surface area contributed by atoms with Crippen LogP contribution in [0.3, 0.4) is 0 Å². The van der Waals surface area contributed by atoms with E-state index in [1.54, 1.807) is 13.3 Å². The van der Waals surface area contributed by atoms with Gasteiger partial charge in [0.25, 0.3) is 0 Å². The van der Waals surface area contributed by atoms with Crippen molar-refractivity contribution >= 4 is 22.5 Å². The minimum absolute atomic E-state index is 0.0315. The molecule has 0 spiro atoms. The Kier molecular flexibility index (Phi) is 4.98. The van der Waals surface area contributed by atoms with E-state index in [1.165, 1.54) is 0 Å². The zero-order valence-corrected chi connectivity index (χ0v) is 12.6. The number of methoxy groups -OCH3 is 1.